The summed E-state index contributed by atoms with van der Waals surface area (Å²) in [5.41, 5.74) is 3.67. The van der Waals surface area contributed by atoms with Crippen LogP contribution in [-0.2, 0) is 12.8 Å². The topological polar surface area (TPSA) is 27.7 Å². The number of hydrogen-bond donors (Lipinski definition) is 0. The normalized spacial score (nSPS) is 10.4. The fraction of sp³-hybridized carbons (Fsp3) is 0.368. The molecule has 0 radical (unpaired) electrons. The van der Waals surface area contributed by atoms with Crippen molar-refractivity contribution < 1.29 is 14.2 Å². The molecule has 0 N–H and O–H groups in total. The lowest BCUT2D eigenvalue weighted by Crippen LogP contribution is -1.97. The van der Waals surface area contributed by atoms with Gasteiger partial charge in [-0.2, -0.15) is 0 Å². The molecule has 0 aliphatic carbocycles. The van der Waals surface area contributed by atoms with Crippen molar-refractivity contribution in [2.45, 2.75) is 26.2 Å². The summed E-state index contributed by atoms with van der Waals surface area (Å²) in [7, 11) is 5.09. The predicted octanol–water partition coefficient (Wildman–Crippen LogP) is 4.20. The number of ether oxygens (including phenoxy) is 3. The van der Waals surface area contributed by atoms with E-state index in [0.29, 0.717) is 0 Å². The van der Waals surface area contributed by atoms with E-state index in [-0.39, 0.29) is 0 Å². The van der Waals surface area contributed by atoms with Gasteiger partial charge in [-0.3, -0.25) is 0 Å². The summed E-state index contributed by atoms with van der Waals surface area (Å²) in [6, 6.07) is 12.4. The van der Waals surface area contributed by atoms with Gasteiger partial charge in [0.2, 0.25) is 0 Å². The molecule has 0 fully saturated rings. The number of methoxy groups -OCH3 is 3. The Morgan fingerprint density at radius 1 is 0.727 bits per heavy atom. The summed E-state index contributed by atoms with van der Waals surface area (Å²) in [6.07, 6.45) is 2.99. The Morgan fingerprint density at radius 3 is 1.91 bits per heavy atom. The molecule has 0 atom stereocenters. The Kier molecular flexibility index (Phi) is 5.70. The van der Waals surface area contributed by atoms with Crippen LogP contribution < -0.4 is 14.2 Å². The summed E-state index contributed by atoms with van der Waals surface area (Å²) >= 11 is 0. The lowest BCUT2D eigenvalue weighted by molar-refractivity contribution is 0.390. The first kappa shape index (κ1) is 16.2. The fourth-order valence-electron chi connectivity index (χ4n) is 2.59. The summed E-state index contributed by atoms with van der Waals surface area (Å²) in [6.45, 7) is 2.08. The zero-order valence-corrected chi connectivity index (χ0v) is 13.8. The number of aryl methyl sites for hydroxylation is 3. The minimum atomic E-state index is 0.820. The van der Waals surface area contributed by atoms with E-state index >= 15 is 0 Å². The van der Waals surface area contributed by atoms with Gasteiger partial charge in [0.1, 0.15) is 17.2 Å². The Hall–Kier alpha value is -2.16. The number of hydrogen-bond acceptors (Lipinski definition) is 3. The third-order valence-corrected chi connectivity index (χ3v) is 3.83. The average molecular weight is 300 g/mol. The lowest BCUT2D eigenvalue weighted by atomic mass is 10.0. The quantitative estimate of drug-likeness (QED) is 0.767. The largest absolute Gasteiger partial charge is 0.497 e. The third-order valence-electron chi connectivity index (χ3n) is 3.83. The van der Waals surface area contributed by atoms with Gasteiger partial charge in [-0.1, -0.05) is 18.2 Å². The van der Waals surface area contributed by atoms with Crippen molar-refractivity contribution in [3.8, 4) is 17.2 Å². The van der Waals surface area contributed by atoms with Crippen molar-refractivity contribution in [1.29, 1.82) is 0 Å². The molecule has 0 aliphatic rings. The SMILES string of the molecule is COc1ccc(CCCc2ccc(C)cc2OC)c(OC)c1. The Balaban J connectivity index is 2.02. The van der Waals surface area contributed by atoms with Gasteiger partial charge in [0.25, 0.3) is 0 Å². The minimum Gasteiger partial charge on any atom is -0.497 e. The maximum absolute atomic E-state index is 5.46. The Labute approximate surface area is 132 Å². The number of rotatable bonds is 7. The van der Waals surface area contributed by atoms with E-state index in [1.807, 2.05) is 12.1 Å². The molecule has 2 rings (SSSR count). The predicted molar refractivity (Wildman–Crippen MR) is 89.3 cm³/mol. The van der Waals surface area contributed by atoms with E-state index in [9.17, 15) is 0 Å². The van der Waals surface area contributed by atoms with Gasteiger partial charge in [-0.25, -0.2) is 0 Å². The van der Waals surface area contributed by atoms with Crippen LogP contribution in [0.5, 0.6) is 17.2 Å². The van der Waals surface area contributed by atoms with Crippen molar-refractivity contribution in [2.75, 3.05) is 21.3 Å². The van der Waals surface area contributed by atoms with Gasteiger partial charge in [-0.15, -0.1) is 0 Å². The molecule has 0 spiro atoms. The monoisotopic (exact) mass is 300 g/mol. The van der Waals surface area contributed by atoms with Crippen LogP contribution in [0.25, 0.3) is 0 Å². The smallest absolute Gasteiger partial charge is 0.125 e. The Bertz CT molecular complexity index is 620. The molecule has 0 bridgehead atoms. The standard InChI is InChI=1S/C19H24O3/c1-14-8-9-15(18(12-14)21-3)6-5-7-16-10-11-17(20-2)13-19(16)22-4/h8-13H,5-7H2,1-4H3. The highest BCUT2D eigenvalue weighted by atomic mass is 16.5. The molecule has 0 aliphatic heterocycles. The maximum Gasteiger partial charge on any atom is 0.125 e. The molecule has 0 saturated heterocycles. The second kappa shape index (κ2) is 7.74. The van der Waals surface area contributed by atoms with E-state index < -0.39 is 0 Å². The molecule has 0 aromatic heterocycles. The van der Waals surface area contributed by atoms with Crippen LogP contribution in [0.3, 0.4) is 0 Å². The molecule has 118 valence electrons. The van der Waals surface area contributed by atoms with Gasteiger partial charge in [-0.05, 0) is 55.0 Å². The van der Waals surface area contributed by atoms with Crippen molar-refractivity contribution >= 4 is 0 Å². The second-order valence-corrected chi connectivity index (χ2v) is 5.35. The van der Waals surface area contributed by atoms with E-state index in [2.05, 4.69) is 31.2 Å². The van der Waals surface area contributed by atoms with Crippen LogP contribution >= 0.6 is 0 Å². The molecule has 22 heavy (non-hydrogen) atoms. The highest BCUT2D eigenvalue weighted by molar-refractivity contribution is 5.41. The van der Waals surface area contributed by atoms with E-state index in [4.69, 9.17) is 14.2 Å². The summed E-state index contributed by atoms with van der Waals surface area (Å²) in [5, 5.41) is 0. The van der Waals surface area contributed by atoms with Crippen molar-refractivity contribution in [1.82, 2.24) is 0 Å². The van der Waals surface area contributed by atoms with Crippen LogP contribution in [0.4, 0.5) is 0 Å². The summed E-state index contributed by atoms with van der Waals surface area (Å²) < 4.78 is 16.1. The highest BCUT2D eigenvalue weighted by Gasteiger charge is 2.07. The zero-order valence-electron chi connectivity index (χ0n) is 13.8. The van der Waals surface area contributed by atoms with Crippen molar-refractivity contribution in [2.24, 2.45) is 0 Å². The molecular formula is C19H24O3. The first-order chi connectivity index (χ1) is 10.7. The average Bonchev–Trinajstić information content (AvgIpc) is 2.56. The molecule has 0 saturated carbocycles. The summed E-state index contributed by atoms with van der Waals surface area (Å²) in [5.74, 6) is 2.68. The maximum atomic E-state index is 5.46. The molecule has 2 aromatic rings. The van der Waals surface area contributed by atoms with Gasteiger partial charge in [0.05, 0.1) is 21.3 Å². The van der Waals surface area contributed by atoms with Gasteiger partial charge < -0.3 is 14.2 Å². The van der Waals surface area contributed by atoms with Crippen molar-refractivity contribution in [3.63, 3.8) is 0 Å². The van der Waals surface area contributed by atoms with Crippen molar-refractivity contribution in [3.05, 3.63) is 53.1 Å². The highest BCUT2D eigenvalue weighted by Crippen LogP contribution is 2.27. The molecule has 0 heterocycles. The first-order valence-corrected chi connectivity index (χ1v) is 7.52. The molecule has 0 unspecified atom stereocenters. The van der Waals surface area contributed by atoms with Gasteiger partial charge in [0, 0.05) is 6.07 Å². The molecule has 3 nitrogen and oxygen atoms in total. The van der Waals surface area contributed by atoms with E-state index in [1.54, 1.807) is 21.3 Å². The van der Waals surface area contributed by atoms with Crippen LogP contribution in [0, 0.1) is 6.92 Å². The fourth-order valence-corrected chi connectivity index (χ4v) is 2.59. The minimum absolute atomic E-state index is 0.820. The molecule has 2 aromatic carbocycles. The Morgan fingerprint density at radius 2 is 1.32 bits per heavy atom. The molecule has 0 amide bonds. The lowest BCUT2D eigenvalue weighted by Gasteiger charge is -2.12. The molecular weight excluding hydrogens is 276 g/mol. The van der Waals surface area contributed by atoms with Gasteiger partial charge in [0.15, 0.2) is 0 Å². The zero-order chi connectivity index (χ0) is 15.9. The second-order valence-electron chi connectivity index (χ2n) is 5.35. The first-order valence-electron chi connectivity index (χ1n) is 7.52. The van der Waals surface area contributed by atoms with Crippen LogP contribution in [0.15, 0.2) is 36.4 Å². The van der Waals surface area contributed by atoms with Crippen LogP contribution in [-0.4, -0.2) is 21.3 Å². The van der Waals surface area contributed by atoms with E-state index in [1.165, 1.54) is 16.7 Å². The third kappa shape index (κ3) is 3.94. The van der Waals surface area contributed by atoms with Gasteiger partial charge >= 0.3 is 0 Å². The molecule has 3 heteroatoms. The van der Waals surface area contributed by atoms with Crippen LogP contribution in [0.2, 0.25) is 0 Å². The van der Waals surface area contributed by atoms with E-state index in [0.717, 1.165) is 36.5 Å². The number of benzene rings is 2. The summed E-state index contributed by atoms with van der Waals surface area (Å²) in [4.78, 5) is 0. The van der Waals surface area contributed by atoms with Crippen LogP contribution in [0.1, 0.15) is 23.1 Å².